The maximum absolute atomic E-state index is 6.10. The Hall–Kier alpha value is -1.00. The molecule has 1 heterocycles. The van der Waals surface area contributed by atoms with Crippen molar-refractivity contribution in [2.45, 2.75) is 38.9 Å². The van der Waals surface area contributed by atoms with Gasteiger partial charge in [0.05, 0.1) is 6.61 Å². The molecule has 0 aromatic carbocycles. The maximum atomic E-state index is 6.10. The first kappa shape index (κ1) is 14.1. The number of nitrogens with zero attached hydrogens (tertiary/aromatic N) is 2. The van der Waals surface area contributed by atoms with Gasteiger partial charge in [-0.05, 0) is 30.3 Å². The zero-order chi connectivity index (χ0) is 12.6. The lowest BCUT2D eigenvalue weighted by molar-refractivity contribution is 0.343. The lowest BCUT2D eigenvalue weighted by Crippen LogP contribution is -2.35. The predicted octanol–water partition coefficient (Wildman–Crippen LogP) is 3.51. The molecular formula is C13H22N2OSi. The Bertz CT molecular complexity index is 328. The molecule has 0 atom stereocenters. The van der Waals surface area contributed by atoms with Crippen molar-refractivity contribution in [2.75, 3.05) is 6.61 Å². The minimum Gasteiger partial charge on any atom is -0.413 e. The second kappa shape index (κ2) is 7.35. The standard InChI is InChI=1S/C13H22N2OSi/c1-4-17(5-2,6-3)16-12-7-9-13-14-10-8-11-15-13/h7-11H,4-6,12H2,1-3H3/b9-7-. The van der Waals surface area contributed by atoms with Crippen LogP contribution in [0.15, 0.2) is 24.5 Å². The highest BCUT2D eigenvalue weighted by Crippen LogP contribution is 2.21. The fourth-order valence-corrected chi connectivity index (χ4v) is 4.39. The molecule has 1 aromatic rings. The SMILES string of the molecule is CC[Si](CC)(CC)OC/C=C\c1ncccn1. The molecular weight excluding hydrogens is 228 g/mol. The van der Waals surface area contributed by atoms with Crippen molar-refractivity contribution in [3.63, 3.8) is 0 Å². The van der Waals surface area contributed by atoms with Crippen molar-refractivity contribution >= 4 is 14.4 Å². The maximum Gasteiger partial charge on any atom is 0.192 e. The van der Waals surface area contributed by atoms with E-state index in [-0.39, 0.29) is 0 Å². The number of aromatic nitrogens is 2. The van der Waals surface area contributed by atoms with Gasteiger partial charge in [0.1, 0.15) is 0 Å². The molecule has 0 N–H and O–H groups in total. The molecule has 4 heteroatoms. The van der Waals surface area contributed by atoms with E-state index in [0.717, 1.165) is 5.82 Å². The molecule has 17 heavy (non-hydrogen) atoms. The van der Waals surface area contributed by atoms with Crippen LogP contribution in [-0.4, -0.2) is 24.9 Å². The van der Waals surface area contributed by atoms with E-state index in [1.165, 1.54) is 18.1 Å². The highest BCUT2D eigenvalue weighted by atomic mass is 28.4. The van der Waals surface area contributed by atoms with Crippen LogP contribution in [0.5, 0.6) is 0 Å². The van der Waals surface area contributed by atoms with Gasteiger partial charge in [0.25, 0.3) is 0 Å². The summed E-state index contributed by atoms with van der Waals surface area (Å²) in [6, 6.07) is 5.39. The molecule has 0 amide bonds. The first-order valence-corrected chi connectivity index (χ1v) is 8.86. The Morgan fingerprint density at radius 1 is 1.12 bits per heavy atom. The van der Waals surface area contributed by atoms with Crippen molar-refractivity contribution < 1.29 is 4.43 Å². The van der Waals surface area contributed by atoms with Crippen molar-refractivity contribution in [2.24, 2.45) is 0 Å². The van der Waals surface area contributed by atoms with Gasteiger partial charge in [-0.3, -0.25) is 0 Å². The van der Waals surface area contributed by atoms with Crippen LogP contribution in [-0.2, 0) is 4.43 Å². The molecule has 0 radical (unpaired) electrons. The van der Waals surface area contributed by atoms with E-state index in [1.807, 2.05) is 18.2 Å². The van der Waals surface area contributed by atoms with Gasteiger partial charge in [-0.25, -0.2) is 9.97 Å². The molecule has 0 aliphatic carbocycles. The normalized spacial score (nSPS) is 12.2. The summed E-state index contributed by atoms with van der Waals surface area (Å²) in [6.45, 7) is 7.40. The molecule has 0 bridgehead atoms. The molecule has 0 saturated heterocycles. The minimum atomic E-state index is -1.45. The minimum absolute atomic E-state index is 0.681. The third kappa shape index (κ3) is 4.40. The molecule has 94 valence electrons. The largest absolute Gasteiger partial charge is 0.413 e. The summed E-state index contributed by atoms with van der Waals surface area (Å²) in [5.74, 6) is 0.743. The summed E-state index contributed by atoms with van der Waals surface area (Å²) in [5.41, 5.74) is 0. The average Bonchev–Trinajstić information content (AvgIpc) is 2.41. The van der Waals surface area contributed by atoms with Crippen LogP contribution in [0, 0.1) is 0 Å². The van der Waals surface area contributed by atoms with E-state index in [1.54, 1.807) is 12.4 Å². The quantitative estimate of drug-likeness (QED) is 0.695. The van der Waals surface area contributed by atoms with Crippen LogP contribution in [0.3, 0.4) is 0 Å². The lowest BCUT2D eigenvalue weighted by Gasteiger charge is -2.27. The third-order valence-electron chi connectivity index (χ3n) is 3.27. The van der Waals surface area contributed by atoms with E-state index >= 15 is 0 Å². The second-order valence-corrected chi connectivity index (χ2v) is 8.84. The number of hydrogen-bond donors (Lipinski definition) is 0. The van der Waals surface area contributed by atoms with Gasteiger partial charge < -0.3 is 4.43 Å². The van der Waals surface area contributed by atoms with E-state index in [0.29, 0.717) is 6.61 Å². The molecule has 1 aromatic heterocycles. The summed E-state index contributed by atoms with van der Waals surface area (Å²) in [4.78, 5) is 8.26. The fraction of sp³-hybridized carbons (Fsp3) is 0.538. The van der Waals surface area contributed by atoms with Crippen LogP contribution in [0.1, 0.15) is 26.6 Å². The van der Waals surface area contributed by atoms with E-state index in [4.69, 9.17) is 4.43 Å². The van der Waals surface area contributed by atoms with Crippen molar-refractivity contribution in [1.82, 2.24) is 9.97 Å². The molecule has 1 rings (SSSR count). The summed E-state index contributed by atoms with van der Waals surface area (Å²) >= 11 is 0. The number of rotatable bonds is 7. The summed E-state index contributed by atoms with van der Waals surface area (Å²) in [5, 5.41) is 0. The van der Waals surface area contributed by atoms with Crippen LogP contribution in [0.25, 0.3) is 6.08 Å². The predicted molar refractivity (Wildman–Crippen MR) is 74.2 cm³/mol. The Morgan fingerprint density at radius 3 is 2.24 bits per heavy atom. The fourth-order valence-electron chi connectivity index (χ4n) is 1.83. The topological polar surface area (TPSA) is 35.0 Å². The molecule has 0 aliphatic rings. The van der Waals surface area contributed by atoms with Gasteiger partial charge in [-0.2, -0.15) is 0 Å². The van der Waals surface area contributed by atoms with E-state index in [9.17, 15) is 0 Å². The van der Waals surface area contributed by atoms with Gasteiger partial charge in [-0.15, -0.1) is 0 Å². The lowest BCUT2D eigenvalue weighted by atomic mass is 10.5. The highest BCUT2D eigenvalue weighted by Gasteiger charge is 2.27. The Kier molecular flexibility index (Phi) is 6.08. The van der Waals surface area contributed by atoms with Gasteiger partial charge in [-0.1, -0.05) is 26.8 Å². The first-order valence-electron chi connectivity index (χ1n) is 6.34. The van der Waals surface area contributed by atoms with Gasteiger partial charge in [0, 0.05) is 12.4 Å². The molecule has 0 aliphatic heterocycles. The average molecular weight is 250 g/mol. The highest BCUT2D eigenvalue weighted by molar-refractivity contribution is 6.73. The van der Waals surface area contributed by atoms with Crippen molar-refractivity contribution in [3.8, 4) is 0 Å². The summed E-state index contributed by atoms with van der Waals surface area (Å²) in [7, 11) is -1.45. The van der Waals surface area contributed by atoms with Gasteiger partial charge in [0.15, 0.2) is 14.1 Å². The summed E-state index contributed by atoms with van der Waals surface area (Å²) in [6.07, 6.45) is 7.42. The molecule has 0 unspecified atom stereocenters. The van der Waals surface area contributed by atoms with Crippen LogP contribution >= 0.6 is 0 Å². The number of hydrogen-bond acceptors (Lipinski definition) is 3. The zero-order valence-electron chi connectivity index (χ0n) is 11.0. The van der Waals surface area contributed by atoms with Gasteiger partial charge in [0.2, 0.25) is 0 Å². The Labute approximate surface area is 105 Å². The van der Waals surface area contributed by atoms with Gasteiger partial charge >= 0.3 is 0 Å². The Morgan fingerprint density at radius 2 is 1.71 bits per heavy atom. The molecule has 3 nitrogen and oxygen atoms in total. The molecule has 0 spiro atoms. The molecule has 0 saturated carbocycles. The Balaban J connectivity index is 2.44. The van der Waals surface area contributed by atoms with Crippen LogP contribution in [0.2, 0.25) is 18.1 Å². The summed E-state index contributed by atoms with van der Waals surface area (Å²) < 4.78 is 6.10. The third-order valence-corrected chi connectivity index (χ3v) is 7.92. The monoisotopic (exact) mass is 250 g/mol. The smallest absolute Gasteiger partial charge is 0.192 e. The van der Waals surface area contributed by atoms with E-state index in [2.05, 4.69) is 30.7 Å². The van der Waals surface area contributed by atoms with Crippen LogP contribution < -0.4 is 0 Å². The zero-order valence-corrected chi connectivity index (χ0v) is 12.0. The van der Waals surface area contributed by atoms with Crippen molar-refractivity contribution in [3.05, 3.63) is 30.4 Å². The van der Waals surface area contributed by atoms with E-state index < -0.39 is 8.32 Å². The van der Waals surface area contributed by atoms with Crippen LogP contribution in [0.4, 0.5) is 0 Å². The van der Waals surface area contributed by atoms with Crippen molar-refractivity contribution in [1.29, 1.82) is 0 Å². The molecule has 0 fully saturated rings. The first-order chi connectivity index (χ1) is 8.26. The second-order valence-electron chi connectivity index (χ2n) is 4.06.